The van der Waals surface area contributed by atoms with Crippen LogP contribution in [0.5, 0.6) is 0 Å². The van der Waals surface area contributed by atoms with Gasteiger partial charge in [0.25, 0.3) is 5.91 Å². The zero-order valence-electron chi connectivity index (χ0n) is 19.2. The number of nitrogens with zero attached hydrogens (tertiary/aromatic N) is 1. The SMILES string of the molecule is CCCNC(=O)c1cccc(CN2C(=O)CC(c3ccc(Cl)cc3)C(C(=O)OCC)=C2C)c1. The second-order valence-electron chi connectivity index (χ2n) is 7.96. The molecule has 1 N–H and O–H groups in total. The molecule has 2 amide bonds. The third kappa shape index (κ3) is 5.82. The predicted molar refractivity (Wildman–Crippen MR) is 128 cm³/mol. The van der Waals surface area contributed by atoms with Gasteiger partial charge in [-0.2, -0.15) is 0 Å². The third-order valence-corrected chi connectivity index (χ3v) is 5.91. The molecule has 2 aromatic rings. The van der Waals surface area contributed by atoms with E-state index in [4.69, 9.17) is 16.3 Å². The van der Waals surface area contributed by atoms with E-state index >= 15 is 0 Å². The minimum atomic E-state index is -0.430. The Kier molecular flexibility index (Phi) is 8.28. The first-order valence-electron chi connectivity index (χ1n) is 11.2. The van der Waals surface area contributed by atoms with E-state index < -0.39 is 11.9 Å². The van der Waals surface area contributed by atoms with E-state index in [2.05, 4.69) is 5.32 Å². The summed E-state index contributed by atoms with van der Waals surface area (Å²) in [5.41, 5.74) is 3.21. The van der Waals surface area contributed by atoms with Gasteiger partial charge in [-0.3, -0.25) is 9.59 Å². The van der Waals surface area contributed by atoms with E-state index in [1.807, 2.05) is 25.1 Å². The first kappa shape index (κ1) is 24.5. The number of esters is 1. The Balaban J connectivity index is 1.94. The van der Waals surface area contributed by atoms with Gasteiger partial charge in [-0.15, -0.1) is 0 Å². The van der Waals surface area contributed by atoms with Crippen LogP contribution in [-0.2, 0) is 20.9 Å². The maximum absolute atomic E-state index is 13.2. The Morgan fingerprint density at radius 3 is 2.55 bits per heavy atom. The van der Waals surface area contributed by atoms with E-state index in [1.54, 1.807) is 49.1 Å². The molecular weight excluding hydrogens is 440 g/mol. The monoisotopic (exact) mass is 468 g/mol. The van der Waals surface area contributed by atoms with Gasteiger partial charge in [0, 0.05) is 35.2 Å². The molecular formula is C26H29ClN2O4. The highest BCUT2D eigenvalue weighted by atomic mass is 35.5. The number of hydrogen-bond donors (Lipinski definition) is 1. The van der Waals surface area contributed by atoms with Crippen molar-refractivity contribution in [2.75, 3.05) is 13.2 Å². The van der Waals surface area contributed by atoms with Crippen LogP contribution >= 0.6 is 11.6 Å². The van der Waals surface area contributed by atoms with Crippen LogP contribution in [0, 0.1) is 0 Å². The van der Waals surface area contributed by atoms with Crippen LogP contribution in [0.4, 0.5) is 0 Å². The van der Waals surface area contributed by atoms with Crippen molar-refractivity contribution in [2.24, 2.45) is 0 Å². The summed E-state index contributed by atoms with van der Waals surface area (Å²) in [7, 11) is 0. The van der Waals surface area contributed by atoms with Gasteiger partial charge >= 0.3 is 5.97 Å². The van der Waals surface area contributed by atoms with Crippen molar-refractivity contribution >= 4 is 29.4 Å². The largest absolute Gasteiger partial charge is 0.463 e. The van der Waals surface area contributed by atoms with Gasteiger partial charge in [-0.25, -0.2) is 4.79 Å². The predicted octanol–water partition coefficient (Wildman–Crippen LogP) is 4.83. The van der Waals surface area contributed by atoms with Crippen molar-refractivity contribution in [2.45, 2.75) is 46.1 Å². The van der Waals surface area contributed by atoms with Crippen LogP contribution < -0.4 is 5.32 Å². The number of halogens is 1. The number of carbonyl (C=O) groups excluding carboxylic acids is 3. The maximum atomic E-state index is 13.2. The molecule has 0 bridgehead atoms. The minimum Gasteiger partial charge on any atom is -0.463 e. The Morgan fingerprint density at radius 2 is 1.88 bits per heavy atom. The number of amides is 2. The second-order valence-corrected chi connectivity index (χ2v) is 8.40. The molecule has 1 unspecified atom stereocenters. The summed E-state index contributed by atoms with van der Waals surface area (Å²) in [6.07, 6.45) is 0.993. The van der Waals surface area contributed by atoms with Gasteiger partial charge < -0.3 is 15.0 Å². The van der Waals surface area contributed by atoms with E-state index in [1.165, 1.54) is 0 Å². The molecule has 1 atom stereocenters. The van der Waals surface area contributed by atoms with E-state index in [0.717, 1.165) is 17.5 Å². The fourth-order valence-corrected chi connectivity index (χ4v) is 4.12. The van der Waals surface area contributed by atoms with Gasteiger partial charge in [0.1, 0.15) is 0 Å². The molecule has 0 saturated heterocycles. The van der Waals surface area contributed by atoms with Crippen molar-refractivity contribution < 1.29 is 19.1 Å². The molecule has 2 aromatic carbocycles. The van der Waals surface area contributed by atoms with Gasteiger partial charge in [-0.05, 0) is 55.7 Å². The summed E-state index contributed by atoms with van der Waals surface area (Å²) in [4.78, 5) is 40.0. The Labute approximate surface area is 199 Å². The topological polar surface area (TPSA) is 75.7 Å². The smallest absolute Gasteiger partial charge is 0.336 e. The zero-order valence-corrected chi connectivity index (χ0v) is 19.9. The van der Waals surface area contributed by atoms with Crippen LogP contribution in [0.1, 0.15) is 61.0 Å². The lowest BCUT2D eigenvalue weighted by atomic mass is 9.83. The average Bonchev–Trinajstić information content (AvgIpc) is 2.80. The zero-order chi connectivity index (χ0) is 24.0. The molecule has 6 nitrogen and oxygen atoms in total. The Hall–Kier alpha value is -3.12. The fraction of sp³-hybridized carbons (Fsp3) is 0.346. The van der Waals surface area contributed by atoms with Crippen LogP contribution in [0.2, 0.25) is 5.02 Å². The first-order chi connectivity index (χ1) is 15.8. The van der Waals surface area contributed by atoms with Crippen LogP contribution in [-0.4, -0.2) is 35.8 Å². The van der Waals surface area contributed by atoms with Crippen molar-refractivity contribution in [1.29, 1.82) is 0 Å². The van der Waals surface area contributed by atoms with E-state index in [9.17, 15) is 14.4 Å². The lowest BCUT2D eigenvalue weighted by Crippen LogP contribution is -2.38. The number of carbonyl (C=O) groups is 3. The van der Waals surface area contributed by atoms with Gasteiger partial charge in [0.2, 0.25) is 5.91 Å². The number of nitrogens with one attached hydrogen (secondary N) is 1. The van der Waals surface area contributed by atoms with Gasteiger partial charge in [0.15, 0.2) is 0 Å². The van der Waals surface area contributed by atoms with Crippen LogP contribution in [0.15, 0.2) is 59.8 Å². The van der Waals surface area contributed by atoms with Crippen LogP contribution in [0.25, 0.3) is 0 Å². The van der Waals surface area contributed by atoms with Crippen molar-refractivity contribution in [3.05, 3.63) is 81.5 Å². The standard InChI is InChI=1S/C26H29ClN2O4/c1-4-13-28-25(31)20-8-6-7-18(14-20)16-29-17(3)24(26(32)33-5-2)22(15-23(29)30)19-9-11-21(27)12-10-19/h6-12,14,22H,4-5,13,15-16H2,1-3H3,(H,28,31). The number of ether oxygens (including phenoxy) is 1. The normalized spacial score (nSPS) is 16.1. The van der Waals surface area contributed by atoms with Crippen molar-refractivity contribution in [1.82, 2.24) is 10.2 Å². The third-order valence-electron chi connectivity index (χ3n) is 5.66. The summed E-state index contributed by atoms with van der Waals surface area (Å²) in [5, 5.41) is 3.45. The molecule has 0 aliphatic carbocycles. The first-order valence-corrected chi connectivity index (χ1v) is 11.5. The number of rotatable bonds is 8. The summed E-state index contributed by atoms with van der Waals surface area (Å²) in [6, 6.07) is 14.4. The quantitative estimate of drug-likeness (QED) is 0.563. The minimum absolute atomic E-state index is 0.0960. The molecule has 3 rings (SSSR count). The summed E-state index contributed by atoms with van der Waals surface area (Å²) in [6.45, 7) is 6.62. The lowest BCUT2D eigenvalue weighted by Gasteiger charge is -2.34. The molecule has 0 radical (unpaired) electrons. The summed E-state index contributed by atoms with van der Waals surface area (Å²) in [5.74, 6) is -1.08. The number of hydrogen-bond acceptors (Lipinski definition) is 4. The molecule has 0 saturated carbocycles. The fourth-order valence-electron chi connectivity index (χ4n) is 3.99. The molecule has 0 fully saturated rings. The number of allylic oxidation sites excluding steroid dienone is 1. The lowest BCUT2D eigenvalue weighted by molar-refractivity contribution is -0.140. The second kappa shape index (κ2) is 11.1. The van der Waals surface area contributed by atoms with Crippen molar-refractivity contribution in [3.63, 3.8) is 0 Å². The van der Waals surface area contributed by atoms with Gasteiger partial charge in [0.05, 0.1) is 18.7 Å². The molecule has 0 spiro atoms. The molecule has 1 aliphatic rings. The molecule has 1 aliphatic heterocycles. The molecule has 0 aromatic heterocycles. The summed E-state index contributed by atoms with van der Waals surface area (Å²) < 4.78 is 5.34. The molecule has 7 heteroatoms. The van der Waals surface area contributed by atoms with E-state index in [-0.39, 0.29) is 31.4 Å². The molecule has 174 valence electrons. The van der Waals surface area contributed by atoms with E-state index in [0.29, 0.717) is 28.4 Å². The van der Waals surface area contributed by atoms with Gasteiger partial charge in [-0.1, -0.05) is 42.8 Å². The maximum Gasteiger partial charge on any atom is 0.336 e. The average molecular weight is 469 g/mol. The molecule has 1 heterocycles. The molecule has 33 heavy (non-hydrogen) atoms. The van der Waals surface area contributed by atoms with Crippen molar-refractivity contribution in [3.8, 4) is 0 Å². The number of benzene rings is 2. The highest BCUT2D eigenvalue weighted by Crippen LogP contribution is 2.38. The Bertz CT molecular complexity index is 1060. The highest BCUT2D eigenvalue weighted by Gasteiger charge is 2.36. The Morgan fingerprint density at radius 1 is 1.15 bits per heavy atom. The highest BCUT2D eigenvalue weighted by molar-refractivity contribution is 6.30. The summed E-state index contributed by atoms with van der Waals surface area (Å²) >= 11 is 6.03. The van der Waals surface area contributed by atoms with Crippen LogP contribution in [0.3, 0.4) is 0 Å².